The van der Waals surface area contributed by atoms with Crippen molar-refractivity contribution < 1.29 is 9.53 Å². The minimum Gasteiger partial charge on any atom is -0.495 e. The van der Waals surface area contributed by atoms with E-state index in [2.05, 4.69) is 25.9 Å². The van der Waals surface area contributed by atoms with Gasteiger partial charge in [0, 0.05) is 7.05 Å². The molecule has 0 atom stereocenters. The van der Waals surface area contributed by atoms with Crippen LogP contribution in [0.15, 0.2) is 42.6 Å². The maximum atomic E-state index is 12.1. The van der Waals surface area contributed by atoms with E-state index in [1.807, 2.05) is 25.1 Å². The summed E-state index contributed by atoms with van der Waals surface area (Å²) in [5.41, 5.74) is 9.67. The van der Waals surface area contributed by atoms with E-state index in [1.54, 1.807) is 32.4 Å². The molecule has 0 radical (unpaired) electrons. The number of methoxy groups -OCH3 is 1. The molecule has 0 unspecified atom stereocenters. The van der Waals surface area contributed by atoms with Crippen molar-refractivity contribution in [2.45, 2.75) is 13.3 Å². The van der Waals surface area contributed by atoms with Gasteiger partial charge in [-0.3, -0.25) is 4.79 Å². The summed E-state index contributed by atoms with van der Waals surface area (Å²) in [7, 11) is 3.18. The van der Waals surface area contributed by atoms with Crippen LogP contribution in [0.1, 0.15) is 21.5 Å². The van der Waals surface area contributed by atoms with Gasteiger partial charge in [0.05, 0.1) is 30.2 Å². The van der Waals surface area contributed by atoms with Crippen molar-refractivity contribution in [3.05, 3.63) is 64.3 Å². The number of para-hydroxylation sites is 1. The van der Waals surface area contributed by atoms with Crippen molar-refractivity contribution >= 4 is 40.6 Å². The summed E-state index contributed by atoms with van der Waals surface area (Å²) in [6.45, 7) is 2.57. The van der Waals surface area contributed by atoms with Gasteiger partial charge in [0.1, 0.15) is 10.8 Å². The second kappa shape index (κ2) is 10.1. The van der Waals surface area contributed by atoms with Crippen molar-refractivity contribution in [1.29, 1.82) is 0 Å². The maximum absolute atomic E-state index is 12.1. The molecule has 0 bridgehead atoms. The lowest BCUT2D eigenvalue weighted by Crippen LogP contribution is -2.19. The Hall–Kier alpha value is -3.36. The van der Waals surface area contributed by atoms with E-state index in [1.165, 1.54) is 6.20 Å². The number of ether oxygens (including phenoxy) is 1. The van der Waals surface area contributed by atoms with Crippen LogP contribution in [0.3, 0.4) is 0 Å². The molecule has 9 heteroatoms. The van der Waals surface area contributed by atoms with E-state index in [-0.39, 0.29) is 5.91 Å². The number of amides is 1. The van der Waals surface area contributed by atoms with E-state index in [0.717, 1.165) is 23.2 Å². The molecule has 2 aromatic carbocycles. The van der Waals surface area contributed by atoms with Gasteiger partial charge in [0.15, 0.2) is 5.82 Å². The number of benzene rings is 2. The zero-order valence-electron chi connectivity index (χ0n) is 17.6. The quantitative estimate of drug-likeness (QED) is 0.421. The highest BCUT2D eigenvalue weighted by Crippen LogP contribution is 2.32. The molecule has 0 saturated carbocycles. The number of anilines is 4. The number of hydrogen-bond acceptors (Lipinski definition) is 7. The molecule has 0 saturated heterocycles. The minimum atomic E-state index is -0.218. The van der Waals surface area contributed by atoms with Crippen molar-refractivity contribution in [3.8, 4) is 5.75 Å². The van der Waals surface area contributed by atoms with Crippen LogP contribution < -0.4 is 26.4 Å². The number of nitrogens with one attached hydrogen (secondary N) is 3. The number of carbonyl (C=O) groups excluding carboxylic acids is 1. The Labute approximate surface area is 186 Å². The Morgan fingerprint density at radius 2 is 1.97 bits per heavy atom. The van der Waals surface area contributed by atoms with Gasteiger partial charge in [-0.15, -0.1) is 0 Å². The first-order valence-corrected chi connectivity index (χ1v) is 10.1. The molecule has 5 N–H and O–H groups in total. The summed E-state index contributed by atoms with van der Waals surface area (Å²) in [6, 6.07) is 11.0. The fraction of sp³-hybridized carbons (Fsp3) is 0.227. The van der Waals surface area contributed by atoms with Gasteiger partial charge >= 0.3 is 0 Å². The lowest BCUT2D eigenvalue weighted by Gasteiger charge is -2.15. The van der Waals surface area contributed by atoms with E-state index in [4.69, 9.17) is 22.1 Å². The van der Waals surface area contributed by atoms with Gasteiger partial charge < -0.3 is 26.4 Å². The Kier molecular flexibility index (Phi) is 7.28. The van der Waals surface area contributed by atoms with Crippen LogP contribution in [0, 0.1) is 6.92 Å². The molecule has 0 aliphatic carbocycles. The second-order valence-electron chi connectivity index (χ2n) is 6.78. The third-order valence-electron chi connectivity index (χ3n) is 4.71. The summed E-state index contributed by atoms with van der Waals surface area (Å²) < 4.78 is 5.52. The minimum absolute atomic E-state index is 0.218. The highest BCUT2D eigenvalue weighted by molar-refractivity contribution is 6.33. The molecule has 0 aliphatic heterocycles. The first-order valence-electron chi connectivity index (χ1n) is 9.72. The summed E-state index contributed by atoms with van der Waals surface area (Å²) in [5, 5.41) is 9.24. The predicted octanol–water partition coefficient (Wildman–Crippen LogP) is 3.80. The van der Waals surface area contributed by atoms with E-state index in [0.29, 0.717) is 40.3 Å². The first kappa shape index (κ1) is 22.3. The fourth-order valence-electron chi connectivity index (χ4n) is 3.11. The van der Waals surface area contributed by atoms with E-state index >= 15 is 0 Å². The summed E-state index contributed by atoms with van der Waals surface area (Å²) in [5.74, 6) is 1.14. The number of nitrogens with zero attached hydrogens (tertiary/aromatic N) is 2. The number of halogens is 1. The van der Waals surface area contributed by atoms with Crippen molar-refractivity contribution in [2.24, 2.45) is 5.73 Å². The molecule has 0 spiro atoms. The summed E-state index contributed by atoms with van der Waals surface area (Å²) >= 11 is 6.30. The molecule has 1 heterocycles. The molecule has 1 amide bonds. The number of aromatic nitrogens is 2. The van der Waals surface area contributed by atoms with Crippen LogP contribution in [-0.4, -0.2) is 36.6 Å². The van der Waals surface area contributed by atoms with E-state index in [9.17, 15) is 4.79 Å². The molecule has 162 valence electrons. The van der Waals surface area contributed by atoms with Crippen LogP contribution in [0.2, 0.25) is 5.02 Å². The Morgan fingerprint density at radius 3 is 2.68 bits per heavy atom. The molecule has 8 nitrogen and oxygen atoms in total. The third kappa shape index (κ3) is 5.22. The zero-order chi connectivity index (χ0) is 22.4. The van der Waals surface area contributed by atoms with Crippen molar-refractivity contribution in [2.75, 3.05) is 31.3 Å². The van der Waals surface area contributed by atoms with Crippen LogP contribution in [-0.2, 0) is 6.42 Å². The van der Waals surface area contributed by atoms with Crippen molar-refractivity contribution in [1.82, 2.24) is 15.3 Å². The number of rotatable bonds is 8. The molecule has 1 aromatic heterocycles. The van der Waals surface area contributed by atoms with Crippen LogP contribution >= 0.6 is 11.6 Å². The molecule has 0 aliphatic rings. The van der Waals surface area contributed by atoms with Crippen LogP contribution in [0.4, 0.5) is 23.1 Å². The molecule has 3 rings (SSSR count). The van der Waals surface area contributed by atoms with Crippen LogP contribution in [0.5, 0.6) is 5.75 Å². The second-order valence-corrected chi connectivity index (χ2v) is 7.19. The van der Waals surface area contributed by atoms with Gasteiger partial charge in [-0.2, -0.15) is 4.98 Å². The molecule has 31 heavy (non-hydrogen) atoms. The highest BCUT2D eigenvalue weighted by Gasteiger charge is 2.14. The molecule has 3 aromatic rings. The topological polar surface area (TPSA) is 114 Å². The van der Waals surface area contributed by atoms with Crippen molar-refractivity contribution in [3.63, 3.8) is 0 Å². The number of nitrogens with two attached hydrogens (primary N) is 1. The predicted molar refractivity (Wildman–Crippen MR) is 124 cm³/mol. The lowest BCUT2D eigenvalue weighted by atomic mass is 10.0. The Bertz CT molecular complexity index is 1090. The summed E-state index contributed by atoms with van der Waals surface area (Å²) in [6.07, 6.45) is 2.25. The van der Waals surface area contributed by atoms with Gasteiger partial charge in [-0.25, -0.2) is 4.98 Å². The maximum Gasteiger partial charge on any atom is 0.253 e. The van der Waals surface area contributed by atoms with E-state index < -0.39 is 0 Å². The summed E-state index contributed by atoms with van der Waals surface area (Å²) in [4.78, 5) is 20.9. The number of hydrogen-bond donors (Lipinski definition) is 4. The van der Waals surface area contributed by atoms with Gasteiger partial charge in [0.25, 0.3) is 5.91 Å². The molecular formula is C22H25ClN6O2. The lowest BCUT2D eigenvalue weighted by molar-refractivity contribution is 0.0964. The van der Waals surface area contributed by atoms with Gasteiger partial charge in [-0.05, 0) is 55.3 Å². The standard InChI is InChI=1S/C22H25ClN6O2/c1-13-10-18(19(31-3)11-14(13)8-9-24)28-22-26-12-16(23)20(29-22)27-17-7-5-4-6-15(17)21(30)25-2/h4-7,10-12H,8-9,24H2,1-3H3,(H,25,30)(H2,26,27,28,29). The average molecular weight is 441 g/mol. The smallest absolute Gasteiger partial charge is 0.253 e. The number of aryl methyl sites for hydroxylation is 1. The Morgan fingerprint density at radius 1 is 1.19 bits per heavy atom. The molecular weight excluding hydrogens is 416 g/mol. The monoisotopic (exact) mass is 440 g/mol. The fourth-order valence-corrected chi connectivity index (χ4v) is 3.25. The first-order chi connectivity index (χ1) is 15.0. The van der Waals surface area contributed by atoms with Gasteiger partial charge in [0.2, 0.25) is 5.95 Å². The Balaban J connectivity index is 1.91. The van der Waals surface area contributed by atoms with Crippen LogP contribution in [0.25, 0.3) is 0 Å². The normalized spacial score (nSPS) is 10.5. The average Bonchev–Trinajstić information content (AvgIpc) is 2.77. The third-order valence-corrected chi connectivity index (χ3v) is 4.99. The number of carbonyl (C=O) groups is 1. The van der Waals surface area contributed by atoms with Gasteiger partial charge in [-0.1, -0.05) is 23.7 Å². The highest BCUT2D eigenvalue weighted by atomic mass is 35.5. The zero-order valence-corrected chi connectivity index (χ0v) is 18.4. The molecule has 0 fully saturated rings. The SMILES string of the molecule is CNC(=O)c1ccccc1Nc1nc(Nc2cc(C)c(CCN)cc2OC)ncc1Cl. The largest absolute Gasteiger partial charge is 0.495 e.